The number of para-hydroxylation sites is 1. The van der Waals surface area contributed by atoms with E-state index in [2.05, 4.69) is 0 Å². The van der Waals surface area contributed by atoms with Crippen LogP contribution in [0.2, 0.25) is 5.02 Å². The third kappa shape index (κ3) is 4.07. The van der Waals surface area contributed by atoms with Gasteiger partial charge < -0.3 is 9.64 Å². The maximum absolute atomic E-state index is 13.2. The molecular weight excluding hydrogens is 412 g/mol. The number of aryl methyl sites for hydroxylation is 1. The smallest absolute Gasteiger partial charge is 0.264 e. The zero-order chi connectivity index (χ0) is 20.4. The number of ether oxygens (including phenoxy) is 1. The van der Waals surface area contributed by atoms with Gasteiger partial charge in [0, 0.05) is 19.6 Å². The van der Waals surface area contributed by atoms with Crippen molar-refractivity contribution in [3.8, 4) is 5.75 Å². The Labute approximate surface area is 176 Å². The van der Waals surface area contributed by atoms with E-state index in [1.54, 1.807) is 4.90 Å². The summed E-state index contributed by atoms with van der Waals surface area (Å²) in [5.41, 5.74) is 1.74. The summed E-state index contributed by atoms with van der Waals surface area (Å²) in [4.78, 5) is 14.0. The summed E-state index contributed by atoms with van der Waals surface area (Å²) in [6.45, 7) is 1.83. The number of benzene rings is 2. The molecule has 0 bridgehead atoms. The van der Waals surface area contributed by atoms with Gasteiger partial charge in [-0.05, 0) is 55.5 Å². The van der Waals surface area contributed by atoms with E-state index in [0.717, 1.165) is 44.3 Å². The molecule has 4 rings (SSSR count). The molecule has 2 aliphatic heterocycles. The van der Waals surface area contributed by atoms with Crippen molar-refractivity contribution >= 4 is 33.2 Å². The second kappa shape index (κ2) is 8.24. The molecule has 0 radical (unpaired) electrons. The molecule has 154 valence electrons. The van der Waals surface area contributed by atoms with Gasteiger partial charge in [-0.25, -0.2) is 8.42 Å². The number of fused-ring (bicyclic) bond motifs is 1. The number of carbonyl (C=O) groups is 1. The second-order valence-corrected chi connectivity index (χ2v) is 9.55. The molecule has 1 fully saturated rings. The lowest BCUT2D eigenvalue weighted by atomic mass is 10.0. The van der Waals surface area contributed by atoms with Crippen LogP contribution in [0.1, 0.15) is 24.8 Å². The van der Waals surface area contributed by atoms with Gasteiger partial charge in [0.15, 0.2) is 6.61 Å². The summed E-state index contributed by atoms with van der Waals surface area (Å²) >= 11 is 6.28. The first kappa shape index (κ1) is 20.0. The third-order valence-corrected chi connectivity index (χ3v) is 7.47. The minimum atomic E-state index is -3.74. The molecule has 8 heteroatoms. The molecule has 2 aromatic rings. The van der Waals surface area contributed by atoms with Crippen LogP contribution in [0, 0.1) is 0 Å². The van der Waals surface area contributed by atoms with Crippen LogP contribution < -0.4 is 9.04 Å². The topological polar surface area (TPSA) is 66.9 Å². The highest BCUT2D eigenvalue weighted by Crippen LogP contribution is 2.34. The summed E-state index contributed by atoms with van der Waals surface area (Å²) in [6, 6.07) is 11.9. The number of carbonyl (C=O) groups excluding carboxylic acids is 1. The van der Waals surface area contributed by atoms with Gasteiger partial charge in [0.05, 0.1) is 15.6 Å². The van der Waals surface area contributed by atoms with Gasteiger partial charge in [-0.1, -0.05) is 29.8 Å². The number of hydrogen-bond acceptors (Lipinski definition) is 4. The first-order valence-corrected chi connectivity index (χ1v) is 11.6. The van der Waals surface area contributed by atoms with Crippen LogP contribution in [0.15, 0.2) is 47.4 Å². The van der Waals surface area contributed by atoms with Gasteiger partial charge >= 0.3 is 0 Å². The van der Waals surface area contributed by atoms with Crippen LogP contribution >= 0.6 is 11.6 Å². The van der Waals surface area contributed by atoms with Crippen molar-refractivity contribution in [3.05, 3.63) is 53.1 Å². The molecule has 0 atom stereocenters. The Kier molecular flexibility index (Phi) is 5.69. The fourth-order valence-electron chi connectivity index (χ4n) is 3.83. The van der Waals surface area contributed by atoms with Crippen LogP contribution in [0.4, 0.5) is 5.69 Å². The predicted octanol–water partition coefficient (Wildman–Crippen LogP) is 3.48. The zero-order valence-electron chi connectivity index (χ0n) is 16.0. The molecule has 2 aromatic carbocycles. The highest BCUT2D eigenvalue weighted by atomic mass is 35.5. The van der Waals surface area contributed by atoms with E-state index < -0.39 is 10.0 Å². The summed E-state index contributed by atoms with van der Waals surface area (Å²) < 4.78 is 33.4. The number of halogens is 1. The summed E-state index contributed by atoms with van der Waals surface area (Å²) in [5, 5.41) is 0.172. The van der Waals surface area contributed by atoms with Gasteiger partial charge in [0.2, 0.25) is 0 Å². The van der Waals surface area contributed by atoms with Crippen LogP contribution in [-0.2, 0) is 21.2 Å². The number of sulfonamides is 1. The lowest BCUT2D eigenvalue weighted by Crippen LogP contribution is -2.35. The molecule has 0 unspecified atom stereocenters. The maximum Gasteiger partial charge on any atom is 0.264 e. The van der Waals surface area contributed by atoms with Crippen molar-refractivity contribution in [2.45, 2.75) is 30.6 Å². The van der Waals surface area contributed by atoms with Crippen LogP contribution in [0.25, 0.3) is 0 Å². The molecule has 0 aliphatic carbocycles. The number of hydrogen-bond donors (Lipinski definition) is 0. The Balaban J connectivity index is 1.52. The molecule has 0 spiro atoms. The Hall–Kier alpha value is -2.25. The fraction of sp³-hybridized carbons (Fsp3) is 0.381. The number of anilines is 1. The average molecular weight is 435 g/mol. The van der Waals surface area contributed by atoms with Gasteiger partial charge in [0.1, 0.15) is 5.75 Å². The molecule has 6 nitrogen and oxygen atoms in total. The SMILES string of the molecule is O=C(COc1ccc(S(=O)(=O)N2CCCc3ccccc32)cc1Cl)N1CCCC1. The monoisotopic (exact) mass is 434 g/mol. The highest BCUT2D eigenvalue weighted by molar-refractivity contribution is 7.92. The Morgan fingerprint density at radius 2 is 1.79 bits per heavy atom. The molecule has 0 N–H and O–H groups in total. The Morgan fingerprint density at radius 1 is 1.03 bits per heavy atom. The minimum Gasteiger partial charge on any atom is -0.482 e. The van der Waals surface area contributed by atoms with Crippen molar-refractivity contribution in [2.75, 3.05) is 30.5 Å². The Bertz CT molecular complexity index is 1020. The van der Waals surface area contributed by atoms with Crippen molar-refractivity contribution in [1.82, 2.24) is 4.90 Å². The predicted molar refractivity (Wildman–Crippen MR) is 112 cm³/mol. The van der Waals surface area contributed by atoms with Crippen LogP contribution in [0.5, 0.6) is 5.75 Å². The summed E-state index contributed by atoms with van der Waals surface area (Å²) in [6.07, 6.45) is 3.65. The van der Waals surface area contributed by atoms with E-state index >= 15 is 0 Å². The van der Waals surface area contributed by atoms with Crippen molar-refractivity contribution < 1.29 is 17.9 Å². The summed E-state index contributed by atoms with van der Waals surface area (Å²) in [5.74, 6) is 0.220. The van der Waals surface area contributed by atoms with E-state index in [0.29, 0.717) is 18.0 Å². The molecule has 2 heterocycles. The molecule has 1 saturated heterocycles. The van der Waals surface area contributed by atoms with Crippen molar-refractivity contribution in [1.29, 1.82) is 0 Å². The maximum atomic E-state index is 13.2. The van der Waals surface area contributed by atoms with E-state index in [-0.39, 0.29) is 22.4 Å². The first-order chi connectivity index (χ1) is 14.0. The van der Waals surface area contributed by atoms with Gasteiger partial charge in [-0.2, -0.15) is 0 Å². The average Bonchev–Trinajstić information content (AvgIpc) is 3.27. The Morgan fingerprint density at radius 3 is 2.55 bits per heavy atom. The summed E-state index contributed by atoms with van der Waals surface area (Å²) in [7, 11) is -3.74. The number of nitrogens with zero attached hydrogens (tertiary/aromatic N) is 2. The fourth-order valence-corrected chi connectivity index (χ4v) is 5.70. The molecule has 0 saturated carbocycles. The van der Waals surface area contributed by atoms with E-state index in [1.165, 1.54) is 22.5 Å². The van der Waals surface area contributed by atoms with E-state index in [1.807, 2.05) is 24.3 Å². The molecular formula is C21H23ClN2O4S. The molecule has 2 aliphatic rings. The highest BCUT2D eigenvalue weighted by Gasteiger charge is 2.29. The minimum absolute atomic E-state index is 0.0832. The molecule has 1 amide bonds. The largest absolute Gasteiger partial charge is 0.482 e. The first-order valence-electron chi connectivity index (χ1n) is 9.77. The van der Waals surface area contributed by atoms with Gasteiger partial charge in [0.25, 0.3) is 15.9 Å². The standard InChI is InChI=1S/C21H23ClN2O4S/c22-18-14-17(9-10-20(18)28-15-21(25)23-11-3-4-12-23)29(26,27)24-13-5-7-16-6-1-2-8-19(16)24/h1-2,6,8-10,14H,3-5,7,11-13,15H2. The van der Waals surface area contributed by atoms with Crippen LogP contribution in [-0.4, -0.2) is 45.5 Å². The lowest BCUT2D eigenvalue weighted by Gasteiger charge is -2.30. The van der Waals surface area contributed by atoms with Crippen LogP contribution in [0.3, 0.4) is 0 Å². The second-order valence-electron chi connectivity index (χ2n) is 7.28. The van der Waals surface area contributed by atoms with E-state index in [9.17, 15) is 13.2 Å². The van der Waals surface area contributed by atoms with Crippen molar-refractivity contribution in [3.63, 3.8) is 0 Å². The number of rotatable bonds is 5. The normalized spacial score (nSPS) is 16.6. The van der Waals surface area contributed by atoms with Gasteiger partial charge in [-0.3, -0.25) is 9.10 Å². The molecule has 29 heavy (non-hydrogen) atoms. The number of amides is 1. The van der Waals surface area contributed by atoms with E-state index in [4.69, 9.17) is 16.3 Å². The zero-order valence-corrected chi connectivity index (χ0v) is 17.6. The molecule has 0 aromatic heterocycles. The third-order valence-electron chi connectivity index (χ3n) is 5.37. The van der Waals surface area contributed by atoms with Crippen molar-refractivity contribution in [2.24, 2.45) is 0 Å². The quantitative estimate of drug-likeness (QED) is 0.722. The lowest BCUT2D eigenvalue weighted by molar-refractivity contribution is -0.132. The van der Waals surface area contributed by atoms with Gasteiger partial charge in [-0.15, -0.1) is 0 Å². The number of likely N-dealkylation sites (tertiary alicyclic amines) is 1.